The molecule has 0 aliphatic carbocycles. The normalized spacial score (nSPS) is 10.8. The summed E-state index contributed by atoms with van der Waals surface area (Å²) in [5.41, 5.74) is 1.73. The Morgan fingerprint density at radius 1 is 1.30 bits per heavy atom. The fraction of sp³-hybridized carbons (Fsp3) is 0.357. The topological polar surface area (TPSA) is 29.9 Å². The molecule has 0 aliphatic rings. The maximum Gasteiger partial charge on any atom is 0.207 e. The van der Waals surface area contributed by atoms with Gasteiger partial charge in [0, 0.05) is 17.2 Å². The number of hydrogen-bond donors (Lipinski definition) is 1. The number of benzene rings is 1. The fourth-order valence-electron chi connectivity index (χ4n) is 1.89. The number of nitrogens with zero attached hydrogens (tertiary/aromatic N) is 2. The first-order chi connectivity index (χ1) is 9.52. The second-order valence-electron chi connectivity index (χ2n) is 4.60. The fourth-order valence-corrected chi connectivity index (χ4v) is 2.71. The molecule has 3 nitrogen and oxygen atoms in total. The van der Waals surface area contributed by atoms with E-state index in [1.54, 1.807) is 0 Å². The van der Waals surface area contributed by atoms with Gasteiger partial charge in [0.05, 0.1) is 21.4 Å². The van der Waals surface area contributed by atoms with E-state index in [0.29, 0.717) is 10.0 Å². The number of hydrogen-bond acceptors (Lipinski definition) is 2. The maximum atomic E-state index is 6.25. The lowest BCUT2D eigenvalue weighted by Gasteiger charge is -2.12. The van der Waals surface area contributed by atoms with Gasteiger partial charge in [0.15, 0.2) is 0 Å². The lowest BCUT2D eigenvalue weighted by Crippen LogP contribution is -2.03. The number of anilines is 2. The van der Waals surface area contributed by atoms with Crippen LogP contribution in [0.15, 0.2) is 22.8 Å². The number of nitrogens with one attached hydrogen (secondary N) is 1. The largest absolute Gasteiger partial charge is 0.324 e. The summed E-state index contributed by atoms with van der Waals surface area (Å²) in [5, 5.41) is 4.24. The SMILES string of the molecule is CCCCn1cc(C)nc1Nc1ccc(Br)c(Cl)c1Cl. The molecule has 0 saturated carbocycles. The molecule has 0 saturated heterocycles. The highest BCUT2D eigenvalue weighted by Crippen LogP contribution is 2.37. The molecule has 108 valence electrons. The zero-order valence-corrected chi connectivity index (χ0v) is 14.5. The molecule has 0 amide bonds. The predicted molar refractivity (Wildman–Crippen MR) is 89.3 cm³/mol. The standard InChI is InChI=1S/C14H16BrCl2N3/c1-3-4-7-20-8-9(2)18-14(20)19-11-6-5-10(15)12(16)13(11)17/h5-6,8H,3-4,7H2,1-2H3,(H,18,19). The highest BCUT2D eigenvalue weighted by molar-refractivity contribution is 9.10. The third kappa shape index (κ3) is 3.48. The Labute approximate surface area is 137 Å². The van der Waals surface area contributed by atoms with Gasteiger partial charge in [-0.05, 0) is 41.4 Å². The van der Waals surface area contributed by atoms with E-state index in [0.717, 1.165) is 41.2 Å². The molecule has 1 heterocycles. The summed E-state index contributed by atoms with van der Waals surface area (Å²) >= 11 is 15.7. The molecule has 2 aromatic rings. The summed E-state index contributed by atoms with van der Waals surface area (Å²) in [6, 6.07) is 3.75. The lowest BCUT2D eigenvalue weighted by atomic mass is 10.3. The lowest BCUT2D eigenvalue weighted by molar-refractivity contribution is 0.637. The van der Waals surface area contributed by atoms with Crippen molar-refractivity contribution in [2.24, 2.45) is 0 Å². The van der Waals surface area contributed by atoms with Crippen LogP contribution in [0.5, 0.6) is 0 Å². The van der Waals surface area contributed by atoms with Crippen LogP contribution in [-0.4, -0.2) is 9.55 Å². The Kier molecular flexibility index (Phi) is 5.35. The Hall–Kier alpha value is -0.710. The van der Waals surface area contributed by atoms with Gasteiger partial charge in [0.25, 0.3) is 0 Å². The molecule has 6 heteroatoms. The molecule has 20 heavy (non-hydrogen) atoms. The number of halogens is 3. The second-order valence-corrected chi connectivity index (χ2v) is 6.21. The highest BCUT2D eigenvalue weighted by atomic mass is 79.9. The van der Waals surface area contributed by atoms with Crippen molar-refractivity contribution in [1.29, 1.82) is 0 Å². The van der Waals surface area contributed by atoms with Gasteiger partial charge < -0.3 is 9.88 Å². The van der Waals surface area contributed by atoms with Crippen LogP contribution in [0.1, 0.15) is 25.5 Å². The van der Waals surface area contributed by atoms with E-state index in [2.05, 4.69) is 37.7 Å². The van der Waals surface area contributed by atoms with Gasteiger partial charge in [0.2, 0.25) is 5.95 Å². The molecule has 1 aromatic carbocycles. The summed E-state index contributed by atoms with van der Waals surface area (Å²) in [6.45, 7) is 5.08. The molecule has 1 aromatic heterocycles. The van der Waals surface area contributed by atoms with Crippen LogP contribution >= 0.6 is 39.1 Å². The van der Waals surface area contributed by atoms with Crippen molar-refractivity contribution in [1.82, 2.24) is 9.55 Å². The van der Waals surface area contributed by atoms with E-state index < -0.39 is 0 Å². The van der Waals surface area contributed by atoms with E-state index in [1.165, 1.54) is 0 Å². The molecule has 2 rings (SSSR count). The predicted octanol–water partition coefficient (Wildman–Crippen LogP) is 5.80. The molecule has 0 bridgehead atoms. The number of imidazole rings is 1. The number of unbranched alkanes of at least 4 members (excludes halogenated alkanes) is 1. The molecule has 0 aliphatic heterocycles. The van der Waals surface area contributed by atoms with Crippen LogP contribution in [0.25, 0.3) is 0 Å². The van der Waals surface area contributed by atoms with Crippen molar-refractivity contribution in [3.05, 3.63) is 38.5 Å². The zero-order valence-electron chi connectivity index (χ0n) is 11.4. The second kappa shape index (κ2) is 6.83. The van der Waals surface area contributed by atoms with Crippen molar-refractivity contribution >= 4 is 50.8 Å². The third-order valence-corrected chi connectivity index (χ3v) is 4.70. The number of aromatic nitrogens is 2. The maximum absolute atomic E-state index is 6.25. The van der Waals surface area contributed by atoms with Gasteiger partial charge >= 0.3 is 0 Å². The first kappa shape index (κ1) is 15.7. The summed E-state index contributed by atoms with van der Waals surface area (Å²) < 4.78 is 2.88. The van der Waals surface area contributed by atoms with E-state index in [1.807, 2.05) is 25.3 Å². The monoisotopic (exact) mass is 375 g/mol. The number of aryl methyl sites for hydroxylation is 2. The minimum Gasteiger partial charge on any atom is -0.324 e. The quantitative estimate of drug-likeness (QED) is 0.667. The molecular formula is C14H16BrCl2N3. The third-order valence-electron chi connectivity index (χ3n) is 2.93. The Balaban J connectivity index is 2.28. The Morgan fingerprint density at radius 3 is 2.75 bits per heavy atom. The molecule has 0 atom stereocenters. The zero-order chi connectivity index (χ0) is 14.7. The van der Waals surface area contributed by atoms with E-state index in [9.17, 15) is 0 Å². The smallest absolute Gasteiger partial charge is 0.207 e. The van der Waals surface area contributed by atoms with E-state index in [4.69, 9.17) is 23.2 Å². The van der Waals surface area contributed by atoms with Gasteiger partial charge in [-0.25, -0.2) is 4.98 Å². The van der Waals surface area contributed by atoms with Crippen LogP contribution in [0, 0.1) is 6.92 Å². The Bertz CT molecular complexity index is 611. The van der Waals surface area contributed by atoms with Gasteiger partial charge in [-0.3, -0.25) is 0 Å². The van der Waals surface area contributed by atoms with Crippen molar-refractivity contribution in [2.45, 2.75) is 33.2 Å². The van der Waals surface area contributed by atoms with Crippen molar-refractivity contribution in [2.75, 3.05) is 5.32 Å². The average Bonchev–Trinajstić information content (AvgIpc) is 2.77. The molecular weight excluding hydrogens is 361 g/mol. The van der Waals surface area contributed by atoms with E-state index >= 15 is 0 Å². The molecule has 0 radical (unpaired) electrons. The highest BCUT2D eigenvalue weighted by Gasteiger charge is 2.11. The minimum atomic E-state index is 0.490. The summed E-state index contributed by atoms with van der Waals surface area (Å²) in [5.74, 6) is 0.788. The van der Waals surface area contributed by atoms with Gasteiger partial charge in [-0.15, -0.1) is 0 Å². The first-order valence-electron chi connectivity index (χ1n) is 6.47. The first-order valence-corrected chi connectivity index (χ1v) is 8.02. The van der Waals surface area contributed by atoms with Crippen molar-refractivity contribution in [3.8, 4) is 0 Å². The van der Waals surface area contributed by atoms with Crippen LogP contribution in [-0.2, 0) is 6.54 Å². The molecule has 0 spiro atoms. The number of rotatable bonds is 5. The Morgan fingerprint density at radius 2 is 2.05 bits per heavy atom. The van der Waals surface area contributed by atoms with Crippen LogP contribution in [0.2, 0.25) is 10.0 Å². The molecule has 1 N–H and O–H groups in total. The van der Waals surface area contributed by atoms with Gasteiger partial charge in [0.1, 0.15) is 0 Å². The summed E-state index contributed by atoms with van der Waals surface area (Å²) in [4.78, 5) is 4.49. The summed E-state index contributed by atoms with van der Waals surface area (Å²) in [7, 11) is 0. The van der Waals surface area contributed by atoms with Crippen LogP contribution < -0.4 is 5.32 Å². The minimum absolute atomic E-state index is 0.490. The molecule has 0 unspecified atom stereocenters. The van der Waals surface area contributed by atoms with Crippen molar-refractivity contribution < 1.29 is 0 Å². The van der Waals surface area contributed by atoms with Gasteiger partial charge in [-0.1, -0.05) is 36.5 Å². The van der Waals surface area contributed by atoms with E-state index in [-0.39, 0.29) is 0 Å². The average molecular weight is 377 g/mol. The van der Waals surface area contributed by atoms with Crippen molar-refractivity contribution in [3.63, 3.8) is 0 Å². The van der Waals surface area contributed by atoms with Crippen LogP contribution in [0.3, 0.4) is 0 Å². The summed E-state index contributed by atoms with van der Waals surface area (Å²) in [6.07, 6.45) is 4.28. The van der Waals surface area contributed by atoms with Gasteiger partial charge in [-0.2, -0.15) is 0 Å². The van der Waals surface area contributed by atoms with Crippen LogP contribution in [0.4, 0.5) is 11.6 Å². The molecule has 0 fully saturated rings.